The lowest BCUT2D eigenvalue weighted by atomic mass is 9.71. The van der Waals surface area contributed by atoms with Crippen molar-refractivity contribution in [2.75, 3.05) is 13.2 Å². The average molecular weight is 353 g/mol. The van der Waals surface area contributed by atoms with Crippen LogP contribution in [0.5, 0.6) is 0 Å². The van der Waals surface area contributed by atoms with Gasteiger partial charge in [0.15, 0.2) is 0 Å². The molecule has 0 spiro atoms. The van der Waals surface area contributed by atoms with Gasteiger partial charge in [-0.05, 0) is 32.6 Å². The molecule has 1 aliphatic carbocycles. The lowest BCUT2D eigenvalue weighted by molar-refractivity contribution is -0.166. The van der Waals surface area contributed by atoms with Crippen LogP contribution in [0.1, 0.15) is 85.0 Å². The minimum atomic E-state index is -0.899. The molecule has 0 saturated heterocycles. The van der Waals surface area contributed by atoms with E-state index in [1.54, 1.807) is 6.92 Å². The summed E-state index contributed by atoms with van der Waals surface area (Å²) >= 11 is 0. The van der Waals surface area contributed by atoms with Gasteiger partial charge in [0.2, 0.25) is 0 Å². The number of carbonyl (C=O) groups is 2. The molecule has 0 radical (unpaired) electrons. The number of allylic oxidation sites excluding steroid dienone is 1. The summed E-state index contributed by atoms with van der Waals surface area (Å²) in [6.07, 6.45) is 14.0. The minimum absolute atomic E-state index is 0.257. The maximum atomic E-state index is 12.5. The van der Waals surface area contributed by atoms with Crippen LogP contribution >= 0.6 is 0 Å². The molecule has 0 saturated carbocycles. The first-order valence-electron chi connectivity index (χ1n) is 10.1. The van der Waals surface area contributed by atoms with E-state index in [9.17, 15) is 9.59 Å². The van der Waals surface area contributed by atoms with E-state index in [0.717, 1.165) is 32.1 Å². The summed E-state index contributed by atoms with van der Waals surface area (Å²) in [7, 11) is 0. The second-order valence-electron chi connectivity index (χ2n) is 7.24. The van der Waals surface area contributed by atoms with Gasteiger partial charge in [-0.3, -0.25) is 9.59 Å². The predicted octanol–water partition coefficient (Wildman–Crippen LogP) is 5.21. The van der Waals surface area contributed by atoms with E-state index in [4.69, 9.17) is 9.47 Å². The lowest BCUT2D eigenvalue weighted by Gasteiger charge is -2.34. The molecule has 2 atom stereocenters. The van der Waals surface area contributed by atoms with Gasteiger partial charge in [-0.2, -0.15) is 0 Å². The van der Waals surface area contributed by atoms with E-state index in [-0.39, 0.29) is 11.9 Å². The predicted molar refractivity (Wildman–Crippen MR) is 100 cm³/mol. The highest BCUT2D eigenvalue weighted by Crippen LogP contribution is 2.38. The van der Waals surface area contributed by atoms with Crippen LogP contribution in [0.3, 0.4) is 0 Å². The molecule has 0 fully saturated rings. The third-order valence-electron chi connectivity index (χ3n) is 5.01. The SMILES string of the molecule is CCCCCCCCOC(=O)C1CCC=CC1(C)C(=O)OCCCC. The van der Waals surface area contributed by atoms with E-state index in [1.807, 2.05) is 12.2 Å². The molecule has 1 rings (SSSR count). The Morgan fingerprint density at radius 1 is 0.960 bits per heavy atom. The Balaban J connectivity index is 2.45. The number of hydrogen-bond donors (Lipinski definition) is 0. The number of ether oxygens (including phenoxy) is 2. The highest BCUT2D eigenvalue weighted by molar-refractivity contribution is 5.87. The van der Waals surface area contributed by atoms with Crippen LogP contribution in [-0.4, -0.2) is 25.2 Å². The zero-order valence-corrected chi connectivity index (χ0v) is 16.4. The number of carbonyl (C=O) groups excluding carboxylic acids is 2. The van der Waals surface area contributed by atoms with Crippen molar-refractivity contribution in [3.63, 3.8) is 0 Å². The summed E-state index contributed by atoms with van der Waals surface area (Å²) < 4.78 is 10.9. The average Bonchev–Trinajstić information content (AvgIpc) is 2.61. The molecule has 4 nitrogen and oxygen atoms in total. The van der Waals surface area contributed by atoms with Crippen molar-refractivity contribution < 1.29 is 19.1 Å². The van der Waals surface area contributed by atoms with E-state index < -0.39 is 11.3 Å². The van der Waals surface area contributed by atoms with Crippen LogP contribution in [0, 0.1) is 11.3 Å². The van der Waals surface area contributed by atoms with Crippen molar-refractivity contribution >= 4 is 11.9 Å². The molecule has 0 aromatic heterocycles. The third-order valence-corrected chi connectivity index (χ3v) is 5.01. The Labute approximate surface area is 153 Å². The molecule has 25 heavy (non-hydrogen) atoms. The summed E-state index contributed by atoms with van der Waals surface area (Å²) in [5, 5.41) is 0. The highest BCUT2D eigenvalue weighted by atomic mass is 16.5. The number of esters is 2. The quantitative estimate of drug-likeness (QED) is 0.275. The second-order valence-corrected chi connectivity index (χ2v) is 7.24. The standard InChI is InChI=1S/C21H36O4/c1-4-6-8-9-10-13-17-24-19(22)18-14-11-12-15-21(18,3)20(23)25-16-7-5-2/h12,15,18H,4-11,13-14,16-17H2,1-3H3. The van der Waals surface area contributed by atoms with Crippen LogP contribution in [0.2, 0.25) is 0 Å². The molecule has 1 aliphatic rings. The van der Waals surface area contributed by atoms with Gasteiger partial charge in [0.1, 0.15) is 0 Å². The highest BCUT2D eigenvalue weighted by Gasteiger charge is 2.46. The minimum Gasteiger partial charge on any atom is -0.465 e. The molecule has 0 heterocycles. The van der Waals surface area contributed by atoms with Gasteiger partial charge in [-0.15, -0.1) is 0 Å². The Hall–Kier alpha value is -1.32. The maximum Gasteiger partial charge on any atom is 0.316 e. The van der Waals surface area contributed by atoms with Crippen LogP contribution in [0.25, 0.3) is 0 Å². The smallest absolute Gasteiger partial charge is 0.316 e. The zero-order valence-electron chi connectivity index (χ0n) is 16.4. The van der Waals surface area contributed by atoms with Crippen LogP contribution in [0.4, 0.5) is 0 Å². The maximum absolute atomic E-state index is 12.5. The van der Waals surface area contributed by atoms with Gasteiger partial charge in [-0.1, -0.05) is 64.5 Å². The van der Waals surface area contributed by atoms with Crippen molar-refractivity contribution in [2.24, 2.45) is 11.3 Å². The molecular weight excluding hydrogens is 316 g/mol. The Bertz CT molecular complexity index is 430. The van der Waals surface area contributed by atoms with E-state index in [0.29, 0.717) is 19.6 Å². The monoisotopic (exact) mass is 352 g/mol. The summed E-state index contributed by atoms with van der Waals surface area (Å²) in [5.74, 6) is -1.00. The number of hydrogen-bond acceptors (Lipinski definition) is 4. The van der Waals surface area contributed by atoms with E-state index in [2.05, 4.69) is 13.8 Å². The van der Waals surface area contributed by atoms with E-state index in [1.165, 1.54) is 25.7 Å². The summed E-state index contributed by atoms with van der Waals surface area (Å²) in [5.41, 5.74) is -0.899. The zero-order chi connectivity index (χ0) is 18.5. The van der Waals surface area contributed by atoms with Gasteiger partial charge >= 0.3 is 11.9 Å². The van der Waals surface area contributed by atoms with Gasteiger partial charge in [0, 0.05) is 0 Å². The summed E-state index contributed by atoms with van der Waals surface area (Å²) in [4.78, 5) is 25.0. The first kappa shape index (κ1) is 21.7. The Morgan fingerprint density at radius 2 is 1.60 bits per heavy atom. The first-order chi connectivity index (χ1) is 12.1. The normalized spacial score (nSPS) is 22.6. The van der Waals surface area contributed by atoms with Crippen molar-refractivity contribution in [3.8, 4) is 0 Å². The largest absolute Gasteiger partial charge is 0.465 e. The Kier molecular flexibility index (Phi) is 10.5. The van der Waals surface area contributed by atoms with Crippen molar-refractivity contribution in [3.05, 3.63) is 12.2 Å². The van der Waals surface area contributed by atoms with Crippen LogP contribution in [-0.2, 0) is 19.1 Å². The number of rotatable bonds is 12. The molecule has 0 N–H and O–H groups in total. The third kappa shape index (κ3) is 7.21. The first-order valence-corrected chi connectivity index (χ1v) is 10.1. The van der Waals surface area contributed by atoms with Crippen molar-refractivity contribution in [1.29, 1.82) is 0 Å². The van der Waals surface area contributed by atoms with Crippen molar-refractivity contribution in [2.45, 2.75) is 85.0 Å². The Morgan fingerprint density at radius 3 is 2.32 bits per heavy atom. The fourth-order valence-electron chi connectivity index (χ4n) is 3.20. The topological polar surface area (TPSA) is 52.6 Å². The second kappa shape index (κ2) is 12.1. The molecular formula is C21H36O4. The van der Waals surface area contributed by atoms with Gasteiger partial charge in [-0.25, -0.2) is 0 Å². The molecule has 144 valence electrons. The molecule has 0 bridgehead atoms. The van der Waals surface area contributed by atoms with Gasteiger partial charge < -0.3 is 9.47 Å². The fourth-order valence-corrected chi connectivity index (χ4v) is 3.20. The molecule has 4 heteroatoms. The van der Waals surface area contributed by atoms with Gasteiger partial charge in [0.05, 0.1) is 24.5 Å². The fraction of sp³-hybridized carbons (Fsp3) is 0.810. The molecule has 0 aromatic rings. The van der Waals surface area contributed by atoms with Crippen LogP contribution in [0.15, 0.2) is 12.2 Å². The molecule has 0 aliphatic heterocycles. The van der Waals surface area contributed by atoms with Crippen molar-refractivity contribution in [1.82, 2.24) is 0 Å². The lowest BCUT2D eigenvalue weighted by Crippen LogP contribution is -2.42. The number of unbranched alkanes of at least 4 members (excludes halogenated alkanes) is 6. The summed E-state index contributed by atoms with van der Waals surface area (Å²) in [6, 6.07) is 0. The van der Waals surface area contributed by atoms with Gasteiger partial charge in [0.25, 0.3) is 0 Å². The molecule has 0 aromatic carbocycles. The molecule has 2 unspecified atom stereocenters. The van der Waals surface area contributed by atoms with Crippen LogP contribution < -0.4 is 0 Å². The summed E-state index contributed by atoms with van der Waals surface area (Å²) in [6.45, 7) is 6.92. The molecule has 0 amide bonds. The van der Waals surface area contributed by atoms with E-state index >= 15 is 0 Å².